The standard InChI is InChI=1S/C19H19FN2O/c1-14(16-7-3-4-8-17(16)20)21-19(23)11-13-22-12-10-15-6-2-5-9-18(15)22/h2-10,12,14H,11,13H2,1H3,(H,21,23). The minimum atomic E-state index is -0.342. The third-order valence-electron chi connectivity index (χ3n) is 4.01. The molecule has 0 aliphatic heterocycles. The zero-order valence-electron chi connectivity index (χ0n) is 13.0. The van der Waals surface area contributed by atoms with Crippen LogP contribution in [-0.4, -0.2) is 10.5 Å². The molecule has 1 aromatic heterocycles. The van der Waals surface area contributed by atoms with Crippen LogP contribution in [0.2, 0.25) is 0 Å². The normalized spacial score (nSPS) is 12.3. The van der Waals surface area contributed by atoms with Crippen LogP contribution in [0.25, 0.3) is 10.9 Å². The van der Waals surface area contributed by atoms with Crippen molar-refractivity contribution < 1.29 is 9.18 Å². The van der Waals surface area contributed by atoms with Crippen LogP contribution in [0.15, 0.2) is 60.8 Å². The number of benzene rings is 2. The first kappa shape index (κ1) is 15.3. The molecule has 0 aliphatic carbocycles. The van der Waals surface area contributed by atoms with Gasteiger partial charge in [-0.3, -0.25) is 4.79 Å². The molecule has 0 fully saturated rings. The van der Waals surface area contributed by atoms with Gasteiger partial charge in [0, 0.05) is 30.2 Å². The Morgan fingerprint density at radius 3 is 2.70 bits per heavy atom. The fourth-order valence-corrected chi connectivity index (χ4v) is 2.78. The van der Waals surface area contributed by atoms with Crippen LogP contribution in [0.1, 0.15) is 24.9 Å². The first-order chi connectivity index (χ1) is 11.1. The van der Waals surface area contributed by atoms with E-state index in [1.165, 1.54) is 6.07 Å². The maximum atomic E-state index is 13.7. The summed E-state index contributed by atoms with van der Waals surface area (Å²) < 4.78 is 15.8. The molecular weight excluding hydrogens is 291 g/mol. The van der Waals surface area contributed by atoms with E-state index in [0.717, 1.165) is 10.9 Å². The van der Waals surface area contributed by atoms with Crippen molar-refractivity contribution in [3.63, 3.8) is 0 Å². The van der Waals surface area contributed by atoms with E-state index in [9.17, 15) is 9.18 Å². The quantitative estimate of drug-likeness (QED) is 0.758. The summed E-state index contributed by atoms with van der Waals surface area (Å²) in [6.07, 6.45) is 2.34. The topological polar surface area (TPSA) is 34.0 Å². The highest BCUT2D eigenvalue weighted by Crippen LogP contribution is 2.17. The second-order valence-corrected chi connectivity index (χ2v) is 5.63. The van der Waals surface area contributed by atoms with Crippen LogP contribution in [0.4, 0.5) is 4.39 Å². The summed E-state index contributed by atoms with van der Waals surface area (Å²) in [6, 6.07) is 16.3. The van der Waals surface area contributed by atoms with E-state index in [2.05, 4.69) is 9.88 Å². The molecule has 1 amide bonds. The Balaban J connectivity index is 1.61. The molecule has 23 heavy (non-hydrogen) atoms. The third kappa shape index (κ3) is 3.42. The smallest absolute Gasteiger partial charge is 0.222 e. The van der Waals surface area contributed by atoms with E-state index in [4.69, 9.17) is 0 Å². The molecule has 118 valence electrons. The number of carbonyl (C=O) groups excluding carboxylic acids is 1. The van der Waals surface area contributed by atoms with Crippen LogP contribution in [0.5, 0.6) is 0 Å². The number of aryl methyl sites for hydroxylation is 1. The summed E-state index contributed by atoms with van der Waals surface area (Å²) in [7, 11) is 0. The lowest BCUT2D eigenvalue weighted by Gasteiger charge is -2.15. The summed E-state index contributed by atoms with van der Waals surface area (Å²) >= 11 is 0. The predicted octanol–water partition coefficient (Wildman–Crippen LogP) is 4.05. The molecule has 0 aliphatic rings. The van der Waals surface area contributed by atoms with Crippen LogP contribution < -0.4 is 5.32 Å². The highest BCUT2D eigenvalue weighted by Gasteiger charge is 2.13. The Morgan fingerprint density at radius 1 is 1.13 bits per heavy atom. The Labute approximate surface area is 134 Å². The molecule has 1 heterocycles. The van der Waals surface area contributed by atoms with Gasteiger partial charge >= 0.3 is 0 Å². The van der Waals surface area contributed by atoms with Gasteiger partial charge in [-0.1, -0.05) is 36.4 Å². The van der Waals surface area contributed by atoms with Crippen LogP contribution in [0.3, 0.4) is 0 Å². The fourth-order valence-electron chi connectivity index (χ4n) is 2.78. The summed E-state index contributed by atoms with van der Waals surface area (Å²) in [4.78, 5) is 12.1. The van der Waals surface area contributed by atoms with E-state index >= 15 is 0 Å². The van der Waals surface area contributed by atoms with E-state index in [0.29, 0.717) is 18.5 Å². The second kappa shape index (κ2) is 6.65. The van der Waals surface area contributed by atoms with Gasteiger partial charge in [0.15, 0.2) is 0 Å². The number of nitrogens with zero attached hydrogens (tertiary/aromatic N) is 1. The van der Waals surface area contributed by atoms with Crippen molar-refractivity contribution in [3.05, 3.63) is 72.2 Å². The van der Waals surface area contributed by atoms with Gasteiger partial charge in [-0.15, -0.1) is 0 Å². The number of hydrogen-bond acceptors (Lipinski definition) is 1. The highest BCUT2D eigenvalue weighted by molar-refractivity contribution is 5.80. The monoisotopic (exact) mass is 310 g/mol. The maximum absolute atomic E-state index is 13.7. The number of nitrogens with one attached hydrogen (secondary N) is 1. The molecule has 0 radical (unpaired) electrons. The number of fused-ring (bicyclic) bond motifs is 1. The first-order valence-corrected chi connectivity index (χ1v) is 7.73. The van der Waals surface area contributed by atoms with E-state index < -0.39 is 0 Å². The molecule has 3 nitrogen and oxygen atoms in total. The van der Waals surface area contributed by atoms with E-state index in [1.807, 2.05) is 36.5 Å². The van der Waals surface area contributed by atoms with Crippen LogP contribution in [0, 0.1) is 5.82 Å². The summed E-state index contributed by atoms with van der Waals surface area (Å²) in [5.74, 6) is -0.379. The first-order valence-electron chi connectivity index (χ1n) is 7.73. The maximum Gasteiger partial charge on any atom is 0.222 e. The molecule has 3 rings (SSSR count). The van der Waals surface area contributed by atoms with Crippen molar-refractivity contribution in [1.82, 2.24) is 9.88 Å². The average molecular weight is 310 g/mol. The molecule has 0 saturated carbocycles. The van der Waals surface area contributed by atoms with Crippen LogP contribution in [-0.2, 0) is 11.3 Å². The van der Waals surface area contributed by atoms with E-state index in [-0.39, 0.29) is 17.8 Å². The van der Waals surface area contributed by atoms with E-state index in [1.54, 1.807) is 25.1 Å². The number of rotatable bonds is 5. The number of para-hydroxylation sites is 1. The Hall–Kier alpha value is -2.62. The number of carbonyl (C=O) groups is 1. The minimum absolute atomic E-state index is 0.0847. The summed E-state index contributed by atoms with van der Waals surface area (Å²) in [5, 5.41) is 4.02. The number of hydrogen-bond donors (Lipinski definition) is 1. The molecule has 4 heteroatoms. The molecule has 0 saturated heterocycles. The minimum Gasteiger partial charge on any atom is -0.349 e. The zero-order chi connectivity index (χ0) is 16.2. The fraction of sp³-hybridized carbons (Fsp3) is 0.211. The Bertz CT molecular complexity index is 825. The predicted molar refractivity (Wildman–Crippen MR) is 89.5 cm³/mol. The largest absolute Gasteiger partial charge is 0.349 e. The van der Waals surface area contributed by atoms with Crippen molar-refractivity contribution in [3.8, 4) is 0 Å². The van der Waals surface area contributed by atoms with Gasteiger partial charge in [0.25, 0.3) is 0 Å². The number of halogens is 1. The van der Waals surface area contributed by atoms with Crippen molar-refractivity contribution in [2.24, 2.45) is 0 Å². The van der Waals surface area contributed by atoms with Gasteiger partial charge in [0.2, 0.25) is 5.91 Å². The lowest BCUT2D eigenvalue weighted by Crippen LogP contribution is -2.27. The van der Waals surface area contributed by atoms with Gasteiger partial charge in [-0.25, -0.2) is 4.39 Å². The molecule has 2 aromatic carbocycles. The second-order valence-electron chi connectivity index (χ2n) is 5.63. The Kier molecular flexibility index (Phi) is 4.42. The van der Waals surface area contributed by atoms with Crippen molar-refractivity contribution in [2.45, 2.75) is 25.9 Å². The number of amides is 1. The number of aromatic nitrogens is 1. The molecule has 1 unspecified atom stereocenters. The van der Waals surface area contributed by atoms with Crippen molar-refractivity contribution >= 4 is 16.8 Å². The lowest BCUT2D eigenvalue weighted by atomic mass is 10.1. The van der Waals surface area contributed by atoms with Gasteiger partial charge in [0.1, 0.15) is 5.82 Å². The molecule has 0 spiro atoms. The third-order valence-corrected chi connectivity index (χ3v) is 4.01. The van der Waals surface area contributed by atoms with Gasteiger partial charge in [-0.2, -0.15) is 0 Å². The average Bonchev–Trinajstić information content (AvgIpc) is 2.96. The van der Waals surface area contributed by atoms with Crippen molar-refractivity contribution in [2.75, 3.05) is 0 Å². The molecule has 1 N–H and O–H groups in total. The summed E-state index contributed by atoms with van der Waals surface area (Å²) in [6.45, 7) is 2.39. The molecular formula is C19H19FN2O. The van der Waals surface area contributed by atoms with Gasteiger partial charge < -0.3 is 9.88 Å². The molecule has 3 aromatic rings. The lowest BCUT2D eigenvalue weighted by molar-refractivity contribution is -0.121. The molecule has 0 bridgehead atoms. The Morgan fingerprint density at radius 2 is 1.87 bits per heavy atom. The summed E-state index contributed by atoms with van der Waals surface area (Å²) in [5.41, 5.74) is 1.62. The van der Waals surface area contributed by atoms with Crippen LogP contribution >= 0.6 is 0 Å². The van der Waals surface area contributed by atoms with Crippen molar-refractivity contribution in [1.29, 1.82) is 0 Å². The van der Waals surface area contributed by atoms with Gasteiger partial charge in [0.05, 0.1) is 6.04 Å². The SMILES string of the molecule is CC(NC(=O)CCn1ccc2ccccc21)c1ccccc1F. The van der Waals surface area contributed by atoms with Gasteiger partial charge in [-0.05, 0) is 30.5 Å². The molecule has 1 atom stereocenters. The zero-order valence-corrected chi connectivity index (χ0v) is 13.0. The highest BCUT2D eigenvalue weighted by atomic mass is 19.1.